The molecule has 0 bridgehead atoms. The van der Waals surface area contributed by atoms with Gasteiger partial charge in [-0.2, -0.15) is 0 Å². The van der Waals surface area contributed by atoms with E-state index in [4.69, 9.17) is 4.74 Å². The summed E-state index contributed by atoms with van der Waals surface area (Å²) >= 11 is 0. The van der Waals surface area contributed by atoms with Crippen molar-refractivity contribution in [2.24, 2.45) is 10.9 Å². The lowest BCUT2D eigenvalue weighted by molar-refractivity contribution is 0.115. The molecule has 1 saturated carbocycles. The van der Waals surface area contributed by atoms with Gasteiger partial charge >= 0.3 is 0 Å². The average molecular weight is 431 g/mol. The first kappa shape index (κ1) is 20.2. The Labute approximate surface area is 157 Å². The standard InChI is InChI=1S/C18H29N3O.HI/c1-15-4-6-16(7-5-15)10-11-20-18(19-2)21(3)12-13-22-14-17-8-9-17;/h4-7,17H,8-14H2,1-3H3,(H,19,20);1H. The summed E-state index contributed by atoms with van der Waals surface area (Å²) in [6, 6.07) is 8.70. The number of hydrogen-bond donors (Lipinski definition) is 1. The van der Waals surface area contributed by atoms with E-state index in [1.165, 1.54) is 24.0 Å². The molecule has 0 aromatic heterocycles. The molecule has 4 nitrogen and oxygen atoms in total. The lowest BCUT2D eigenvalue weighted by Gasteiger charge is -2.22. The fourth-order valence-corrected chi connectivity index (χ4v) is 2.30. The van der Waals surface area contributed by atoms with E-state index >= 15 is 0 Å². The number of hydrogen-bond acceptors (Lipinski definition) is 2. The molecule has 1 aromatic carbocycles. The van der Waals surface area contributed by atoms with Crippen LogP contribution in [-0.2, 0) is 11.2 Å². The van der Waals surface area contributed by atoms with Gasteiger partial charge in [0.2, 0.25) is 0 Å². The Morgan fingerprint density at radius 1 is 1.30 bits per heavy atom. The lowest BCUT2D eigenvalue weighted by atomic mass is 10.1. The first-order chi connectivity index (χ1) is 10.7. The third kappa shape index (κ3) is 8.01. The van der Waals surface area contributed by atoms with Crippen molar-refractivity contribution in [2.45, 2.75) is 26.2 Å². The molecule has 0 unspecified atom stereocenters. The number of halogens is 1. The molecular formula is C18H30IN3O. The van der Waals surface area contributed by atoms with E-state index in [9.17, 15) is 0 Å². The minimum Gasteiger partial charge on any atom is -0.379 e. The maximum atomic E-state index is 5.68. The van der Waals surface area contributed by atoms with Gasteiger partial charge in [-0.15, -0.1) is 24.0 Å². The summed E-state index contributed by atoms with van der Waals surface area (Å²) in [5.41, 5.74) is 2.66. The van der Waals surface area contributed by atoms with Crippen LogP contribution in [0.4, 0.5) is 0 Å². The van der Waals surface area contributed by atoms with Crippen LogP contribution < -0.4 is 5.32 Å². The van der Waals surface area contributed by atoms with Gasteiger partial charge in [0, 0.05) is 33.8 Å². The molecule has 1 aliphatic rings. The second kappa shape index (κ2) is 10.9. The lowest BCUT2D eigenvalue weighted by Crippen LogP contribution is -2.41. The van der Waals surface area contributed by atoms with Crippen LogP contribution in [0.15, 0.2) is 29.3 Å². The molecule has 130 valence electrons. The molecule has 0 saturated heterocycles. The minimum absolute atomic E-state index is 0. The van der Waals surface area contributed by atoms with E-state index < -0.39 is 0 Å². The fraction of sp³-hybridized carbons (Fsp3) is 0.611. The summed E-state index contributed by atoms with van der Waals surface area (Å²) in [6.45, 7) is 5.57. The Balaban J connectivity index is 0.00000264. The van der Waals surface area contributed by atoms with Crippen molar-refractivity contribution in [1.82, 2.24) is 10.2 Å². The quantitative estimate of drug-likeness (QED) is 0.298. The minimum atomic E-state index is 0. The number of ether oxygens (including phenoxy) is 1. The second-order valence-electron chi connectivity index (χ2n) is 6.15. The molecule has 1 aromatic rings. The zero-order valence-electron chi connectivity index (χ0n) is 14.5. The molecule has 5 heteroatoms. The van der Waals surface area contributed by atoms with Crippen LogP contribution in [-0.4, -0.2) is 51.3 Å². The van der Waals surface area contributed by atoms with Crippen molar-refractivity contribution >= 4 is 29.9 Å². The SMILES string of the molecule is CN=C(NCCc1ccc(C)cc1)N(C)CCOCC1CC1.I. The number of aliphatic imine (C=N–C) groups is 1. The zero-order valence-corrected chi connectivity index (χ0v) is 16.9. The molecule has 1 N–H and O–H groups in total. The van der Waals surface area contributed by atoms with E-state index in [0.717, 1.165) is 44.6 Å². The number of nitrogens with one attached hydrogen (secondary N) is 1. The smallest absolute Gasteiger partial charge is 0.193 e. The number of guanidine groups is 1. The molecule has 0 atom stereocenters. The first-order valence-corrected chi connectivity index (χ1v) is 8.24. The molecule has 23 heavy (non-hydrogen) atoms. The predicted molar refractivity (Wildman–Crippen MR) is 108 cm³/mol. The van der Waals surface area contributed by atoms with E-state index in [0.29, 0.717) is 0 Å². The Morgan fingerprint density at radius 2 is 2.00 bits per heavy atom. The molecule has 0 heterocycles. The van der Waals surface area contributed by atoms with E-state index in [-0.39, 0.29) is 24.0 Å². The van der Waals surface area contributed by atoms with Crippen LogP contribution in [0.5, 0.6) is 0 Å². The molecule has 0 spiro atoms. The maximum Gasteiger partial charge on any atom is 0.193 e. The average Bonchev–Trinajstić information content (AvgIpc) is 3.34. The monoisotopic (exact) mass is 431 g/mol. The van der Waals surface area contributed by atoms with Crippen molar-refractivity contribution in [3.05, 3.63) is 35.4 Å². The molecular weight excluding hydrogens is 401 g/mol. The van der Waals surface area contributed by atoms with Gasteiger partial charge in [0.15, 0.2) is 5.96 Å². The highest BCUT2D eigenvalue weighted by atomic mass is 127. The number of aryl methyl sites for hydroxylation is 1. The number of rotatable bonds is 8. The third-order valence-corrected chi connectivity index (χ3v) is 4.01. The second-order valence-corrected chi connectivity index (χ2v) is 6.15. The van der Waals surface area contributed by atoms with Crippen LogP contribution in [0.3, 0.4) is 0 Å². The van der Waals surface area contributed by atoms with E-state index in [2.05, 4.69) is 53.4 Å². The molecule has 1 fully saturated rings. The number of nitrogens with zero attached hydrogens (tertiary/aromatic N) is 2. The van der Waals surface area contributed by atoms with Crippen molar-refractivity contribution in [1.29, 1.82) is 0 Å². The Kier molecular flexibility index (Phi) is 9.55. The highest BCUT2D eigenvalue weighted by Gasteiger charge is 2.21. The third-order valence-electron chi connectivity index (χ3n) is 4.01. The van der Waals surface area contributed by atoms with Crippen molar-refractivity contribution < 1.29 is 4.74 Å². The highest BCUT2D eigenvalue weighted by Crippen LogP contribution is 2.28. The summed E-state index contributed by atoms with van der Waals surface area (Å²) in [7, 11) is 3.89. The summed E-state index contributed by atoms with van der Waals surface area (Å²) in [5.74, 6) is 1.76. The molecule has 0 amide bonds. The van der Waals surface area contributed by atoms with Gasteiger partial charge in [0.05, 0.1) is 6.61 Å². The predicted octanol–water partition coefficient (Wildman–Crippen LogP) is 3.09. The van der Waals surface area contributed by atoms with Crippen molar-refractivity contribution in [2.75, 3.05) is 40.4 Å². The summed E-state index contributed by atoms with van der Waals surface area (Å²) in [4.78, 5) is 6.46. The Hall–Kier alpha value is -0.820. The van der Waals surface area contributed by atoms with Crippen LogP contribution in [0, 0.1) is 12.8 Å². The van der Waals surface area contributed by atoms with Gasteiger partial charge in [0.1, 0.15) is 0 Å². The van der Waals surface area contributed by atoms with Crippen LogP contribution >= 0.6 is 24.0 Å². The van der Waals surface area contributed by atoms with E-state index in [1.807, 2.05) is 7.05 Å². The summed E-state index contributed by atoms with van der Waals surface area (Å²) in [5, 5.41) is 3.41. The first-order valence-electron chi connectivity index (χ1n) is 8.24. The Bertz CT molecular complexity index is 472. The fourth-order valence-electron chi connectivity index (χ4n) is 2.30. The van der Waals surface area contributed by atoms with Crippen LogP contribution in [0.1, 0.15) is 24.0 Å². The largest absolute Gasteiger partial charge is 0.379 e. The number of likely N-dealkylation sites (N-methyl/N-ethyl adjacent to an activating group) is 1. The van der Waals surface area contributed by atoms with Gasteiger partial charge in [-0.1, -0.05) is 29.8 Å². The van der Waals surface area contributed by atoms with Crippen molar-refractivity contribution in [3.8, 4) is 0 Å². The van der Waals surface area contributed by atoms with E-state index in [1.54, 1.807) is 0 Å². The highest BCUT2D eigenvalue weighted by molar-refractivity contribution is 14.0. The molecule has 0 aliphatic heterocycles. The van der Waals surface area contributed by atoms with Crippen molar-refractivity contribution in [3.63, 3.8) is 0 Å². The molecule has 1 aliphatic carbocycles. The normalized spacial score (nSPS) is 14.3. The number of benzene rings is 1. The topological polar surface area (TPSA) is 36.9 Å². The Morgan fingerprint density at radius 3 is 2.61 bits per heavy atom. The summed E-state index contributed by atoms with van der Waals surface area (Å²) in [6.07, 6.45) is 3.70. The van der Waals surface area contributed by atoms with Gasteiger partial charge in [-0.3, -0.25) is 4.99 Å². The molecule has 0 radical (unpaired) electrons. The van der Waals surface area contributed by atoms with Gasteiger partial charge < -0.3 is 15.0 Å². The zero-order chi connectivity index (χ0) is 15.8. The molecule has 2 rings (SSSR count). The maximum absolute atomic E-state index is 5.68. The van der Waals surface area contributed by atoms with Gasteiger partial charge in [-0.05, 0) is 37.7 Å². The summed E-state index contributed by atoms with van der Waals surface area (Å²) < 4.78 is 5.68. The van der Waals surface area contributed by atoms with Crippen LogP contribution in [0.2, 0.25) is 0 Å². The van der Waals surface area contributed by atoms with Gasteiger partial charge in [0.25, 0.3) is 0 Å². The van der Waals surface area contributed by atoms with Gasteiger partial charge in [-0.25, -0.2) is 0 Å². The van der Waals surface area contributed by atoms with Crippen LogP contribution in [0.25, 0.3) is 0 Å².